The third kappa shape index (κ3) is 3.64. The lowest BCUT2D eigenvalue weighted by Crippen LogP contribution is -2.43. The molecule has 0 aromatic carbocycles. The quantitative estimate of drug-likeness (QED) is 0.509. The zero-order chi connectivity index (χ0) is 11.3. The van der Waals surface area contributed by atoms with Crippen molar-refractivity contribution in [2.75, 3.05) is 7.11 Å². The van der Waals surface area contributed by atoms with Crippen LogP contribution in [0.1, 0.15) is 27.7 Å². The van der Waals surface area contributed by atoms with Crippen LogP contribution < -0.4 is 0 Å². The number of carbonyl (C=O) groups excluding carboxylic acids is 2. The topological polar surface area (TPSA) is 55.8 Å². The van der Waals surface area contributed by atoms with E-state index in [2.05, 4.69) is 9.47 Å². The third-order valence-electron chi connectivity index (χ3n) is 1.66. The molecule has 0 bridgehead atoms. The molecule has 0 saturated heterocycles. The Kier molecular flexibility index (Phi) is 4.97. The number of amides is 1. The standard InChI is InChI=1S/C9H17NO4/c1-6(2)10(7(3)4)8(11)14-9(12)13-5/h6-7H,1-5H3. The highest BCUT2D eigenvalue weighted by Gasteiger charge is 2.24. The van der Waals surface area contributed by atoms with E-state index in [-0.39, 0.29) is 12.1 Å². The molecular formula is C9H17NO4. The summed E-state index contributed by atoms with van der Waals surface area (Å²) in [5.74, 6) is 0. The predicted octanol–water partition coefficient (Wildman–Crippen LogP) is 2.01. The van der Waals surface area contributed by atoms with Crippen LogP contribution >= 0.6 is 0 Å². The molecule has 1 amide bonds. The Hall–Kier alpha value is -1.26. The van der Waals surface area contributed by atoms with Crippen molar-refractivity contribution in [3.8, 4) is 0 Å². The minimum absolute atomic E-state index is 0.0212. The van der Waals surface area contributed by atoms with E-state index in [1.54, 1.807) is 0 Å². The Morgan fingerprint density at radius 2 is 1.50 bits per heavy atom. The largest absolute Gasteiger partial charge is 0.517 e. The molecule has 0 radical (unpaired) electrons. The van der Waals surface area contributed by atoms with Gasteiger partial charge in [0.2, 0.25) is 0 Å². The van der Waals surface area contributed by atoms with Gasteiger partial charge in [-0.05, 0) is 27.7 Å². The Labute approximate surface area is 84.0 Å². The smallest absolute Gasteiger partial charge is 0.437 e. The number of hydrogen-bond acceptors (Lipinski definition) is 4. The van der Waals surface area contributed by atoms with Crippen LogP contribution in [0.3, 0.4) is 0 Å². The summed E-state index contributed by atoms with van der Waals surface area (Å²) in [6.45, 7) is 7.38. The number of rotatable bonds is 2. The van der Waals surface area contributed by atoms with Crippen molar-refractivity contribution < 1.29 is 19.1 Å². The summed E-state index contributed by atoms with van der Waals surface area (Å²) in [5, 5.41) is 0. The second-order valence-corrected chi connectivity index (χ2v) is 3.42. The van der Waals surface area contributed by atoms with E-state index < -0.39 is 12.2 Å². The van der Waals surface area contributed by atoms with Gasteiger partial charge in [-0.1, -0.05) is 0 Å². The number of methoxy groups -OCH3 is 1. The zero-order valence-corrected chi connectivity index (χ0v) is 9.23. The maximum atomic E-state index is 11.4. The summed E-state index contributed by atoms with van der Waals surface area (Å²) in [7, 11) is 1.16. The molecule has 14 heavy (non-hydrogen) atoms. The van der Waals surface area contributed by atoms with Crippen LogP contribution in [0.2, 0.25) is 0 Å². The molecule has 0 aliphatic heterocycles. The van der Waals surface area contributed by atoms with Gasteiger partial charge in [0.15, 0.2) is 0 Å². The average molecular weight is 203 g/mol. The molecule has 0 unspecified atom stereocenters. The normalized spacial score (nSPS) is 10.2. The van der Waals surface area contributed by atoms with E-state index in [0.29, 0.717) is 0 Å². The van der Waals surface area contributed by atoms with E-state index in [1.165, 1.54) is 4.90 Å². The molecule has 0 N–H and O–H groups in total. The highest BCUT2D eigenvalue weighted by Crippen LogP contribution is 2.07. The Morgan fingerprint density at radius 1 is 1.07 bits per heavy atom. The van der Waals surface area contributed by atoms with Crippen LogP contribution in [-0.4, -0.2) is 36.3 Å². The number of carbonyl (C=O) groups is 2. The van der Waals surface area contributed by atoms with Gasteiger partial charge in [-0.25, -0.2) is 9.59 Å². The Balaban J connectivity index is 4.38. The minimum atomic E-state index is -0.985. The fraction of sp³-hybridized carbons (Fsp3) is 0.778. The van der Waals surface area contributed by atoms with E-state index in [9.17, 15) is 9.59 Å². The second kappa shape index (κ2) is 5.47. The fourth-order valence-electron chi connectivity index (χ4n) is 1.18. The van der Waals surface area contributed by atoms with Crippen molar-refractivity contribution in [1.82, 2.24) is 4.90 Å². The molecule has 82 valence electrons. The lowest BCUT2D eigenvalue weighted by atomic mass is 10.2. The highest BCUT2D eigenvalue weighted by molar-refractivity contribution is 5.80. The van der Waals surface area contributed by atoms with Gasteiger partial charge in [0, 0.05) is 12.1 Å². The first-order valence-corrected chi connectivity index (χ1v) is 4.48. The molecule has 0 rings (SSSR count). The van der Waals surface area contributed by atoms with Crippen molar-refractivity contribution in [1.29, 1.82) is 0 Å². The van der Waals surface area contributed by atoms with Gasteiger partial charge in [-0.15, -0.1) is 0 Å². The Morgan fingerprint density at radius 3 is 1.79 bits per heavy atom. The summed E-state index contributed by atoms with van der Waals surface area (Å²) in [5.41, 5.74) is 0. The fourth-order valence-corrected chi connectivity index (χ4v) is 1.18. The van der Waals surface area contributed by atoms with Gasteiger partial charge in [-0.3, -0.25) is 0 Å². The summed E-state index contributed by atoms with van der Waals surface area (Å²) >= 11 is 0. The Bertz CT molecular complexity index is 205. The first kappa shape index (κ1) is 12.7. The van der Waals surface area contributed by atoms with Crippen molar-refractivity contribution >= 4 is 12.2 Å². The van der Waals surface area contributed by atoms with Gasteiger partial charge >= 0.3 is 12.2 Å². The molecule has 0 spiro atoms. The van der Waals surface area contributed by atoms with Gasteiger partial charge in [0.25, 0.3) is 0 Å². The van der Waals surface area contributed by atoms with Crippen LogP contribution in [0, 0.1) is 0 Å². The monoisotopic (exact) mass is 203 g/mol. The molecule has 0 fully saturated rings. The van der Waals surface area contributed by atoms with Gasteiger partial charge < -0.3 is 14.4 Å². The summed E-state index contributed by atoms with van der Waals surface area (Å²) in [6.07, 6.45) is -1.66. The molecule has 0 aliphatic carbocycles. The number of ether oxygens (including phenoxy) is 2. The van der Waals surface area contributed by atoms with Gasteiger partial charge in [0.05, 0.1) is 7.11 Å². The van der Waals surface area contributed by atoms with Crippen molar-refractivity contribution in [2.45, 2.75) is 39.8 Å². The van der Waals surface area contributed by atoms with Crippen LogP contribution in [0.4, 0.5) is 9.59 Å². The van der Waals surface area contributed by atoms with Gasteiger partial charge in [-0.2, -0.15) is 0 Å². The van der Waals surface area contributed by atoms with Crippen LogP contribution in [0.15, 0.2) is 0 Å². The summed E-state index contributed by atoms with van der Waals surface area (Å²) in [4.78, 5) is 23.5. The molecule has 0 aliphatic rings. The predicted molar refractivity (Wildman–Crippen MR) is 51.0 cm³/mol. The maximum Gasteiger partial charge on any atom is 0.517 e. The lowest BCUT2D eigenvalue weighted by Gasteiger charge is -2.28. The molecule has 0 aromatic heterocycles. The van der Waals surface area contributed by atoms with Crippen molar-refractivity contribution in [3.63, 3.8) is 0 Å². The van der Waals surface area contributed by atoms with Crippen LogP contribution in [-0.2, 0) is 9.47 Å². The van der Waals surface area contributed by atoms with E-state index in [4.69, 9.17) is 0 Å². The van der Waals surface area contributed by atoms with E-state index >= 15 is 0 Å². The molecule has 0 saturated carbocycles. The second-order valence-electron chi connectivity index (χ2n) is 3.42. The van der Waals surface area contributed by atoms with E-state index in [1.807, 2.05) is 27.7 Å². The first-order chi connectivity index (χ1) is 6.40. The molecule has 0 heterocycles. The van der Waals surface area contributed by atoms with Gasteiger partial charge in [0.1, 0.15) is 0 Å². The molecule has 0 aromatic rings. The van der Waals surface area contributed by atoms with Crippen molar-refractivity contribution in [2.24, 2.45) is 0 Å². The van der Waals surface area contributed by atoms with Crippen molar-refractivity contribution in [3.05, 3.63) is 0 Å². The molecule has 0 atom stereocenters. The SMILES string of the molecule is COC(=O)OC(=O)N(C(C)C)C(C)C. The van der Waals surface area contributed by atoms with Crippen LogP contribution in [0.25, 0.3) is 0 Å². The van der Waals surface area contributed by atoms with Crippen LogP contribution in [0.5, 0.6) is 0 Å². The average Bonchev–Trinajstić information content (AvgIpc) is 2.02. The van der Waals surface area contributed by atoms with E-state index in [0.717, 1.165) is 7.11 Å². The molecule has 5 heteroatoms. The maximum absolute atomic E-state index is 11.4. The summed E-state index contributed by atoms with van der Waals surface area (Å²) < 4.78 is 8.63. The molecule has 5 nitrogen and oxygen atoms in total. The first-order valence-electron chi connectivity index (χ1n) is 4.48. The minimum Gasteiger partial charge on any atom is -0.437 e. The number of hydrogen-bond donors (Lipinski definition) is 0. The lowest BCUT2D eigenvalue weighted by molar-refractivity contribution is 0.0618. The number of nitrogens with zero attached hydrogens (tertiary/aromatic N) is 1. The zero-order valence-electron chi connectivity index (χ0n) is 9.23. The molecular weight excluding hydrogens is 186 g/mol. The highest BCUT2D eigenvalue weighted by atomic mass is 16.7. The summed E-state index contributed by atoms with van der Waals surface area (Å²) in [6, 6.07) is -0.0423. The third-order valence-corrected chi connectivity index (χ3v) is 1.66.